The van der Waals surface area contributed by atoms with E-state index in [0.29, 0.717) is 32.7 Å². The third kappa shape index (κ3) is 5.10. The molecule has 0 N–H and O–H groups in total. The fraction of sp³-hybridized carbons (Fsp3) is 0.458. The number of amides is 1. The van der Waals surface area contributed by atoms with Crippen LogP contribution in [-0.2, 0) is 28.8 Å². The van der Waals surface area contributed by atoms with Gasteiger partial charge in [0.15, 0.2) is 0 Å². The molecule has 1 amide bonds. The predicted molar refractivity (Wildman–Crippen MR) is 112 cm³/mol. The topological polar surface area (TPSA) is 48.0 Å². The van der Waals surface area contributed by atoms with Crippen LogP contribution in [0.4, 0.5) is 0 Å². The number of hydrogen-bond donors (Lipinski definition) is 0. The van der Waals surface area contributed by atoms with Gasteiger partial charge in [0.05, 0.1) is 26.7 Å². The summed E-state index contributed by atoms with van der Waals surface area (Å²) >= 11 is 0. The van der Waals surface area contributed by atoms with Crippen LogP contribution in [0.3, 0.4) is 0 Å². The van der Waals surface area contributed by atoms with E-state index in [-0.39, 0.29) is 12.0 Å². The number of rotatable bonds is 6. The van der Waals surface area contributed by atoms with Crippen LogP contribution in [0.1, 0.15) is 29.5 Å². The van der Waals surface area contributed by atoms with Gasteiger partial charge in [-0.25, -0.2) is 0 Å². The van der Waals surface area contributed by atoms with E-state index < -0.39 is 0 Å². The van der Waals surface area contributed by atoms with Gasteiger partial charge in [-0.15, -0.1) is 0 Å². The molecule has 0 bridgehead atoms. The molecule has 5 heteroatoms. The average molecular weight is 395 g/mol. The van der Waals surface area contributed by atoms with Crippen LogP contribution >= 0.6 is 0 Å². The molecule has 1 fully saturated rings. The number of methoxy groups -OCH3 is 1. The van der Waals surface area contributed by atoms with Crippen LogP contribution in [0.2, 0.25) is 0 Å². The van der Waals surface area contributed by atoms with Gasteiger partial charge in [0.2, 0.25) is 5.91 Å². The number of hydrogen-bond acceptors (Lipinski definition) is 4. The number of nitrogens with zero attached hydrogens (tertiary/aromatic N) is 1. The Labute approximate surface area is 172 Å². The number of aryl methyl sites for hydroxylation is 2. The Morgan fingerprint density at radius 2 is 1.97 bits per heavy atom. The summed E-state index contributed by atoms with van der Waals surface area (Å²) in [6.07, 6.45) is 5.12. The van der Waals surface area contributed by atoms with Gasteiger partial charge in [-0.1, -0.05) is 18.2 Å². The summed E-state index contributed by atoms with van der Waals surface area (Å²) in [6, 6.07) is 14.1. The van der Waals surface area contributed by atoms with Crippen LogP contribution < -0.4 is 9.47 Å². The minimum Gasteiger partial charge on any atom is -0.497 e. The molecule has 1 heterocycles. The van der Waals surface area contributed by atoms with E-state index in [1.54, 1.807) is 7.11 Å². The van der Waals surface area contributed by atoms with Crippen molar-refractivity contribution >= 4 is 5.91 Å². The van der Waals surface area contributed by atoms with E-state index >= 15 is 0 Å². The van der Waals surface area contributed by atoms with Crippen molar-refractivity contribution in [2.24, 2.45) is 0 Å². The summed E-state index contributed by atoms with van der Waals surface area (Å²) in [5, 5.41) is 0. The summed E-state index contributed by atoms with van der Waals surface area (Å²) in [4.78, 5) is 14.6. The van der Waals surface area contributed by atoms with Crippen molar-refractivity contribution in [1.82, 2.24) is 4.90 Å². The van der Waals surface area contributed by atoms with Crippen molar-refractivity contribution in [3.63, 3.8) is 0 Å². The summed E-state index contributed by atoms with van der Waals surface area (Å²) in [7, 11) is 1.63. The van der Waals surface area contributed by atoms with Crippen molar-refractivity contribution in [3.05, 3.63) is 59.2 Å². The van der Waals surface area contributed by atoms with Gasteiger partial charge < -0.3 is 19.1 Å². The Balaban J connectivity index is 1.30. The highest BCUT2D eigenvalue weighted by Crippen LogP contribution is 2.25. The van der Waals surface area contributed by atoms with Crippen molar-refractivity contribution in [3.8, 4) is 11.5 Å². The lowest BCUT2D eigenvalue weighted by Gasteiger charge is -2.33. The zero-order valence-electron chi connectivity index (χ0n) is 17.1. The summed E-state index contributed by atoms with van der Waals surface area (Å²) in [5.74, 6) is 1.78. The Bertz CT molecular complexity index is 851. The largest absolute Gasteiger partial charge is 0.497 e. The number of carbonyl (C=O) groups excluding carboxylic acids is 1. The van der Waals surface area contributed by atoms with E-state index in [1.165, 1.54) is 30.4 Å². The van der Waals surface area contributed by atoms with Crippen molar-refractivity contribution in [1.29, 1.82) is 0 Å². The number of morpholine rings is 1. The Kier molecular flexibility index (Phi) is 6.35. The highest BCUT2D eigenvalue weighted by molar-refractivity contribution is 5.79. The van der Waals surface area contributed by atoms with Gasteiger partial charge in [0, 0.05) is 6.54 Å². The number of fused-ring (bicyclic) bond motifs is 1. The molecule has 2 aromatic carbocycles. The van der Waals surface area contributed by atoms with Crippen molar-refractivity contribution < 1.29 is 19.0 Å². The molecule has 2 aliphatic rings. The summed E-state index contributed by atoms with van der Waals surface area (Å²) < 4.78 is 17.1. The van der Waals surface area contributed by atoms with Crippen molar-refractivity contribution in [2.45, 2.75) is 38.2 Å². The minimum absolute atomic E-state index is 0.103. The zero-order valence-corrected chi connectivity index (χ0v) is 17.1. The SMILES string of the molecule is COc1cccc(CC(=O)N2CCOC(COc3ccc4c(c3)CCCC4)C2)c1. The lowest BCUT2D eigenvalue weighted by Crippen LogP contribution is -2.48. The van der Waals surface area contributed by atoms with Crippen LogP contribution in [0.25, 0.3) is 0 Å². The first-order chi connectivity index (χ1) is 14.2. The number of benzene rings is 2. The molecule has 0 radical (unpaired) electrons. The molecule has 0 aromatic heterocycles. The van der Waals surface area contributed by atoms with Gasteiger partial charge in [-0.3, -0.25) is 4.79 Å². The molecule has 154 valence electrons. The predicted octanol–water partition coefficient (Wildman–Crippen LogP) is 3.42. The van der Waals surface area contributed by atoms with Crippen molar-refractivity contribution in [2.75, 3.05) is 33.4 Å². The first kappa shape index (κ1) is 19.8. The second-order valence-electron chi connectivity index (χ2n) is 7.81. The Morgan fingerprint density at radius 1 is 1.10 bits per heavy atom. The second-order valence-corrected chi connectivity index (χ2v) is 7.81. The highest BCUT2D eigenvalue weighted by Gasteiger charge is 2.25. The molecule has 0 saturated carbocycles. The standard InChI is InChI=1S/C24H29NO4/c1-27-21-8-4-5-18(13-21)14-24(26)25-11-12-28-23(16-25)17-29-22-10-9-19-6-2-3-7-20(19)15-22/h4-5,8-10,13,15,23H,2-3,6-7,11-12,14,16-17H2,1H3. The highest BCUT2D eigenvalue weighted by atomic mass is 16.5. The van der Waals surface area contributed by atoms with Gasteiger partial charge in [-0.05, 0) is 66.6 Å². The average Bonchev–Trinajstić information content (AvgIpc) is 2.78. The maximum atomic E-state index is 12.7. The molecule has 1 aliphatic carbocycles. The number of ether oxygens (including phenoxy) is 3. The molecule has 1 saturated heterocycles. The first-order valence-corrected chi connectivity index (χ1v) is 10.5. The van der Waals surface area contributed by atoms with Gasteiger partial charge >= 0.3 is 0 Å². The fourth-order valence-electron chi connectivity index (χ4n) is 4.10. The molecule has 1 aliphatic heterocycles. The van der Waals surface area contributed by atoms with E-state index in [0.717, 1.165) is 23.5 Å². The molecule has 5 nitrogen and oxygen atoms in total. The third-order valence-electron chi connectivity index (χ3n) is 5.74. The summed E-state index contributed by atoms with van der Waals surface area (Å²) in [6.45, 7) is 2.19. The quantitative estimate of drug-likeness (QED) is 0.752. The van der Waals surface area contributed by atoms with Crippen LogP contribution in [0, 0.1) is 0 Å². The molecular formula is C24H29NO4. The molecule has 2 aromatic rings. The van der Waals surface area contributed by atoms with E-state index in [9.17, 15) is 4.79 Å². The maximum Gasteiger partial charge on any atom is 0.227 e. The van der Waals surface area contributed by atoms with E-state index in [1.807, 2.05) is 29.2 Å². The van der Waals surface area contributed by atoms with Gasteiger partial charge in [-0.2, -0.15) is 0 Å². The molecule has 4 rings (SSSR count). The molecule has 29 heavy (non-hydrogen) atoms. The lowest BCUT2D eigenvalue weighted by atomic mass is 9.92. The van der Waals surface area contributed by atoms with Crippen LogP contribution in [0.5, 0.6) is 11.5 Å². The molecule has 1 atom stereocenters. The molecular weight excluding hydrogens is 366 g/mol. The second kappa shape index (κ2) is 9.31. The smallest absolute Gasteiger partial charge is 0.227 e. The fourth-order valence-corrected chi connectivity index (χ4v) is 4.10. The maximum absolute atomic E-state index is 12.7. The Morgan fingerprint density at radius 3 is 2.83 bits per heavy atom. The van der Waals surface area contributed by atoms with Gasteiger partial charge in [0.1, 0.15) is 24.2 Å². The third-order valence-corrected chi connectivity index (χ3v) is 5.74. The van der Waals surface area contributed by atoms with E-state index in [2.05, 4.69) is 18.2 Å². The number of carbonyl (C=O) groups is 1. The van der Waals surface area contributed by atoms with Crippen LogP contribution in [0.15, 0.2) is 42.5 Å². The molecule has 1 unspecified atom stereocenters. The van der Waals surface area contributed by atoms with Gasteiger partial charge in [0.25, 0.3) is 0 Å². The lowest BCUT2D eigenvalue weighted by molar-refractivity contribution is -0.139. The monoisotopic (exact) mass is 395 g/mol. The van der Waals surface area contributed by atoms with E-state index in [4.69, 9.17) is 14.2 Å². The summed E-state index contributed by atoms with van der Waals surface area (Å²) in [5.41, 5.74) is 3.82. The molecule has 0 spiro atoms. The first-order valence-electron chi connectivity index (χ1n) is 10.5. The Hall–Kier alpha value is -2.53. The van der Waals surface area contributed by atoms with Crippen LogP contribution in [-0.4, -0.2) is 50.3 Å². The minimum atomic E-state index is -0.103. The zero-order chi connectivity index (χ0) is 20.1. The normalized spacial score (nSPS) is 18.8.